The zero-order valence-corrected chi connectivity index (χ0v) is 13.8. The molecule has 0 heterocycles. The van der Waals surface area contributed by atoms with Crippen molar-refractivity contribution in [2.45, 2.75) is 6.18 Å². The Morgan fingerprint density at radius 3 is 2.14 bits per heavy atom. The molecule has 0 saturated carbocycles. The predicted octanol–water partition coefficient (Wildman–Crippen LogP) is 5.61. The summed E-state index contributed by atoms with van der Waals surface area (Å²) in [5.74, 6) is 0. The topological polar surface area (TPSA) is 41.1 Å². The van der Waals surface area contributed by atoms with Crippen molar-refractivity contribution in [1.29, 1.82) is 0 Å². The molecule has 0 spiro atoms. The van der Waals surface area contributed by atoms with Crippen molar-refractivity contribution >= 4 is 51.6 Å². The molecule has 0 saturated heterocycles. The van der Waals surface area contributed by atoms with Crippen molar-refractivity contribution in [3.05, 3.63) is 56.6 Å². The molecule has 0 aliphatic rings. The molecule has 116 valence electrons. The van der Waals surface area contributed by atoms with Crippen molar-refractivity contribution < 1.29 is 18.0 Å². The van der Waals surface area contributed by atoms with Crippen LogP contribution in [-0.2, 0) is 6.18 Å². The summed E-state index contributed by atoms with van der Waals surface area (Å²) < 4.78 is 39.2. The van der Waals surface area contributed by atoms with Gasteiger partial charge in [0.1, 0.15) is 0 Å². The third-order valence-corrected chi connectivity index (χ3v) is 3.68. The number of hydrogen-bond acceptors (Lipinski definition) is 1. The molecule has 0 bridgehead atoms. The lowest BCUT2D eigenvalue weighted by Gasteiger charge is -2.12. The van der Waals surface area contributed by atoms with E-state index in [1.165, 1.54) is 6.07 Å². The number of hydrogen-bond donors (Lipinski definition) is 2. The van der Waals surface area contributed by atoms with Crippen LogP contribution in [0.15, 0.2) is 42.5 Å². The van der Waals surface area contributed by atoms with Gasteiger partial charge in [-0.15, -0.1) is 0 Å². The number of carbonyl (C=O) groups is 1. The first kappa shape index (κ1) is 16.9. The minimum absolute atomic E-state index is 0.000244. The Balaban J connectivity index is 2.10. The van der Waals surface area contributed by atoms with Crippen molar-refractivity contribution in [2.75, 3.05) is 10.6 Å². The van der Waals surface area contributed by atoms with Crippen LogP contribution in [0.3, 0.4) is 0 Å². The van der Waals surface area contributed by atoms with Crippen molar-refractivity contribution in [1.82, 2.24) is 0 Å². The summed E-state index contributed by atoms with van der Waals surface area (Å²) in [5.41, 5.74) is -0.469. The summed E-state index contributed by atoms with van der Waals surface area (Å²) in [6.07, 6.45) is -4.58. The van der Waals surface area contributed by atoms with Crippen LogP contribution < -0.4 is 10.6 Å². The molecule has 2 aromatic rings. The first-order valence-electron chi connectivity index (χ1n) is 5.96. The largest absolute Gasteiger partial charge is 0.417 e. The molecule has 0 aromatic heterocycles. The van der Waals surface area contributed by atoms with Gasteiger partial charge < -0.3 is 10.6 Å². The van der Waals surface area contributed by atoms with Gasteiger partial charge >= 0.3 is 12.2 Å². The Morgan fingerprint density at radius 1 is 1.00 bits per heavy atom. The van der Waals surface area contributed by atoms with E-state index in [1.54, 1.807) is 24.3 Å². The van der Waals surface area contributed by atoms with Crippen molar-refractivity contribution in [3.63, 3.8) is 0 Å². The van der Waals surface area contributed by atoms with E-state index >= 15 is 0 Å². The van der Waals surface area contributed by atoms with Gasteiger partial charge in [0.25, 0.3) is 0 Å². The number of urea groups is 1. The molecular weight excluding hydrogens is 432 g/mol. The standard InChI is InChI=1S/C14H9ClF3IN2O/c15-12-6-5-10(7-11(12)14(16,17)18)21-13(22)20-9-3-1-8(19)2-4-9/h1-7H,(H2,20,21,22). The average molecular weight is 441 g/mol. The Kier molecular flexibility index (Phi) is 5.17. The number of alkyl halides is 3. The van der Waals surface area contributed by atoms with E-state index in [9.17, 15) is 18.0 Å². The zero-order valence-electron chi connectivity index (χ0n) is 10.8. The van der Waals surface area contributed by atoms with E-state index in [4.69, 9.17) is 11.6 Å². The van der Waals surface area contributed by atoms with Crippen LogP contribution in [0.25, 0.3) is 0 Å². The minimum Gasteiger partial charge on any atom is -0.308 e. The highest BCUT2D eigenvalue weighted by molar-refractivity contribution is 14.1. The molecule has 2 rings (SSSR count). The lowest BCUT2D eigenvalue weighted by molar-refractivity contribution is -0.137. The summed E-state index contributed by atoms with van der Waals surface area (Å²) in [4.78, 5) is 11.8. The monoisotopic (exact) mass is 440 g/mol. The van der Waals surface area contributed by atoms with Crippen LogP contribution >= 0.6 is 34.2 Å². The molecule has 0 aliphatic carbocycles. The number of benzene rings is 2. The van der Waals surface area contributed by atoms with Gasteiger partial charge in [-0.25, -0.2) is 4.79 Å². The fourth-order valence-corrected chi connectivity index (χ4v) is 2.23. The van der Waals surface area contributed by atoms with Gasteiger partial charge in [0, 0.05) is 14.9 Å². The first-order valence-corrected chi connectivity index (χ1v) is 7.42. The van der Waals surface area contributed by atoms with Gasteiger partial charge in [-0.2, -0.15) is 13.2 Å². The van der Waals surface area contributed by atoms with Crippen molar-refractivity contribution in [3.8, 4) is 0 Å². The van der Waals surface area contributed by atoms with E-state index in [-0.39, 0.29) is 5.69 Å². The van der Waals surface area contributed by atoms with Gasteiger partial charge in [-0.3, -0.25) is 0 Å². The summed E-state index contributed by atoms with van der Waals surface area (Å²) >= 11 is 7.63. The number of anilines is 2. The molecule has 8 heteroatoms. The van der Waals surface area contributed by atoms with Crippen LogP contribution in [0, 0.1) is 3.57 Å². The van der Waals surface area contributed by atoms with Gasteiger partial charge in [0.15, 0.2) is 0 Å². The lowest BCUT2D eigenvalue weighted by atomic mass is 10.2. The van der Waals surface area contributed by atoms with Gasteiger partial charge in [-0.1, -0.05) is 11.6 Å². The Bertz CT molecular complexity index is 689. The predicted molar refractivity (Wildman–Crippen MR) is 88.3 cm³/mol. The lowest BCUT2D eigenvalue weighted by Crippen LogP contribution is -2.19. The second-order valence-corrected chi connectivity index (χ2v) is 5.93. The van der Waals surface area contributed by atoms with Gasteiger partial charge in [-0.05, 0) is 65.1 Å². The van der Waals surface area contributed by atoms with E-state index in [0.29, 0.717) is 5.69 Å². The Labute approximate surface area is 143 Å². The third kappa shape index (κ3) is 4.51. The molecule has 2 aromatic carbocycles. The molecule has 0 unspecified atom stereocenters. The molecule has 3 nitrogen and oxygen atoms in total. The molecule has 2 amide bonds. The van der Waals surface area contributed by atoms with Crippen LogP contribution in [-0.4, -0.2) is 6.03 Å². The second kappa shape index (κ2) is 6.74. The van der Waals surface area contributed by atoms with E-state index in [1.807, 2.05) is 0 Å². The summed E-state index contributed by atoms with van der Waals surface area (Å²) in [5, 5.41) is 4.44. The molecule has 2 N–H and O–H groups in total. The smallest absolute Gasteiger partial charge is 0.308 e. The highest BCUT2D eigenvalue weighted by atomic mass is 127. The van der Waals surface area contributed by atoms with Crippen molar-refractivity contribution in [2.24, 2.45) is 0 Å². The minimum atomic E-state index is -4.58. The van der Waals surface area contributed by atoms with E-state index < -0.39 is 22.8 Å². The Hall–Kier alpha value is -1.48. The fourth-order valence-electron chi connectivity index (χ4n) is 1.65. The van der Waals surface area contributed by atoms with Crippen LogP contribution in [0.1, 0.15) is 5.56 Å². The molecule has 0 radical (unpaired) electrons. The van der Waals surface area contributed by atoms with Gasteiger partial charge in [0.2, 0.25) is 0 Å². The maximum atomic E-state index is 12.7. The maximum absolute atomic E-state index is 12.7. The number of amides is 2. The van der Waals surface area contributed by atoms with Crippen LogP contribution in [0.4, 0.5) is 29.3 Å². The SMILES string of the molecule is O=C(Nc1ccc(I)cc1)Nc1ccc(Cl)c(C(F)(F)F)c1. The average Bonchev–Trinajstić information content (AvgIpc) is 2.42. The van der Waals surface area contributed by atoms with E-state index in [0.717, 1.165) is 15.7 Å². The fraction of sp³-hybridized carbons (Fsp3) is 0.0714. The number of carbonyl (C=O) groups excluding carboxylic acids is 1. The summed E-state index contributed by atoms with van der Waals surface area (Å²) in [7, 11) is 0. The number of halogens is 5. The Morgan fingerprint density at radius 2 is 1.55 bits per heavy atom. The second-order valence-electron chi connectivity index (χ2n) is 4.28. The quantitative estimate of drug-likeness (QED) is 0.586. The maximum Gasteiger partial charge on any atom is 0.417 e. The number of rotatable bonds is 2. The van der Waals surface area contributed by atoms with Gasteiger partial charge in [0.05, 0.1) is 10.6 Å². The normalized spacial score (nSPS) is 11.1. The molecular formula is C14H9ClF3IN2O. The van der Waals surface area contributed by atoms with Crippen LogP contribution in [0.2, 0.25) is 5.02 Å². The molecule has 0 aliphatic heterocycles. The number of nitrogens with one attached hydrogen (secondary N) is 2. The van der Waals surface area contributed by atoms with Crippen LogP contribution in [0.5, 0.6) is 0 Å². The molecule has 22 heavy (non-hydrogen) atoms. The molecule has 0 fully saturated rings. The summed E-state index contributed by atoms with van der Waals surface area (Å²) in [6.45, 7) is 0. The highest BCUT2D eigenvalue weighted by Crippen LogP contribution is 2.36. The molecule has 0 atom stereocenters. The summed E-state index contributed by atoms with van der Waals surface area (Å²) in [6, 6.07) is 9.48. The third-order valence-electron chi connectivity index (χ3n) is 2.63. The van der Waals surface area contributed by atoms with E-state index in [2.05, 4.69) is 33.2 Å². The highest BCUT2D eigenvalue weighted by Gasteiger charge is 2.33. The zero-order chi connectivity index (χ0) is 16.3. The first-order chi connectivity index (χ1) is 10.3.